The average Bonchev–Trinajstić information content (AvgIpc) is 3.09. The Kier molecular flexibility index (Phi) is 5.69. The Morgan fingerprint density at radius 1 is 1.00 bits per heavy atom. The number of methoxy groups -OCH3 is 1. The zero-order valence-electron chi connectivity index (χ0n) is 17.8. The first-order valence-corrected chi connectivity index (χ1v) is 10.3. The summed E-state index contributed by atoms with van der Waals surface area (Å²) in [6, 6.07) is 19.5. The summed E-state index contributed by atoms with van der Waals surface area (Å²) in [5.74, 6) is -1.21. The van der Waals surface area contributed by atoms with Crippen molar-refractivity contribution >= 4 is 23.1 Å². The van der Waals surface area contributed by atoms with Crippen LogP contribution < -0.4 is 9.64 Å². The summed E-state index contributed by atoms with van der Waals surface area (Å²) in [6.07, 6.45) is 0.844. The van der Waals surface area contributed by atoms with Crippen molar-refractivity contribution in [3.05, 3.63) is 95.1 Å². The van der Waals surface area contributed by atoms with Crippen LogP contribution in [0, 0.1) is 0 Å². The van der Waals surface area contributed by atoms with Crippen LogP contribution in [0.15, 0.2) is 78.4 Å². The van der Waals surface area contributed by atoms with Crippen LogP contribution >= 0.6 is 0 Å². The number of aryl methyl sites for hydroxylation is 1. The van der Waals surface area contributed by atoms with Gasteiger partial charge in [0.15, 0.2) is 0 Å². The van der Waals surface area contributed by atoms with Crippen LogP contribution in [0.3, 0.4) is 0 Å². The molecule has 0 saturated carbocycles. The molecule has 6 heteroatoms. The number of hydrogen-bond acceptors (Lipinski definition) is 5. The molecule has 0 bridgehead atoms. The third-order valence-electron chi connectivity index (χ3n) is 5.62. The van der Waals surface area contributed by atoms with Crippen molar-refractivity contribution in [3.8, 4) is 11.5 Å². The number of carbonyl (C=O) groups excluding carboxylic acids is 2. The van der Waals surface area contributed by atoms with E-state index in [2.05, 4.69) is 0 Å². The number of nitrogens with zero attached hydrogens (tertiary/aromatic N) is 1. The van der Waals surface area contributed by atoms with Gasteiger partial charge >= 0.3 is 0 Å². The van der Waals surface area contributed by atoms with Gasteiger partial charge in [0.1, 0.15) is 17.3 Å². The van der Waals surface area contributed by atoms with E-state index in [0.717, 1.165) is 12.0 Å². The zero-order valence-corrected chi connectivity index (χ0v) is 17.8. The van der Waals surface area contributed by atoms with Gasteiger partial charge in [0.05, 0.1) is 18.7 Å². The van der Waals surface area contributed by atoms with Gasteiger partial charge in [-0.2, -0.15) is 0 Å². The van der Waals surface area contributed by atoms with Gasteiger partial charge in [-0.1, -0.05) is 43.3 Å². The Bertz CT molecular complexity index is 1200. The third-order valence-corrected chi connectivity index (χ3v) is 5.62. The summed E-state index contributed by atoms with van der Waals surface area (Å²) in [5.41, 5.74) is 2.59. The molecular formula is C26H23NO5. The molecule has 1 atom stereocenters. The fourth-order valence-corrected chi connectivity index (χ4v) is 3.89. The molecule has 3 aromatic carbocycles. The minimum Gasteiger partial charge on any atom is -0.508 e. The lowest BCUT2D eigenvalue weighted by Gasteiger charge is -2.25. The number of hydrogen-bond donors (Lipinski definition) is 2. The van der Waals surface area contributed by atoms with Gasteiger partial charge in [0, 0.05) is 11.3 Å². The van der Waals surface area contributed by atoms with Crippen LogP contribution in [0.25, 0.3) is 5.76 Å². The first kappa shape index (κ1) is 21.2. The Labute approximate surface area is 186 Å². The molecule has 3 aromatic rings. The second kappa shape index (κ2) is 8.59. The Morgan fingerprint density at radius 3 is 2.31 bits per heavy atom. The molecule has 0 aromatic heterocycles. The lowest BCUT2D eigenvalue weighted by Crippen LogP contribution is -2.29. The summed E-state index contributed by atoms with van der Waals surface area (Å²) in [5, 5.41) is 20.9. The monoisotopic (exact) mass is 429 g/mol. The number of aliphatic hydroxyl groups is 1. The van der Waals surface area contributed by atoms with Crippen LogP contribution in [-0.4, -0.2) is 29.0 Å². The molecule has 0 aliphatic carbocycles. The molecule has 1 fully saturated rings. The van der Waals surface area contributed by atoms with Crippen molar-refractivity contribution in [2.24, 2.45) is 0 Å². The first-order valence-electron chi connectivity index (χ1n) is 10.3. The van der Waals surface area contributed by atoms with E-state index in [-0.39, 0.29) is 17.1 Å². The number of carbonyl (C=O) groups is 2. The van der Waals surface area contributed by atoms with Crippen molar-refractivity contribution in [1.82, 2.24) is 0 Å². The maximum absolute atomic E-state index is 13.1. The number of ether oxygens (including phenoxy) is 1. The lowest BCUT2D eigenvalue weighted by atomic mass is 9.95. The van der Waals surface area contributed by atoms with E-state index in [1.165, 1.54) is 24.1 Å². The van der Waals surface area contributed by atoms with Crippen LogP contribution in [-0.2, 0) is 16.0 Å². The molecule has 162 valence electrons. The molecule has 4 rings (SSSR count). The van der Waals surface area contributed by atoms with Gasteiger partial charge in [-0.15, -0.1) is 0 Å². The number of ketones is 1. The first-order chi connectivity index (χ1) is 15.4. The molecule has 0 spiro atoms. The molecule has 2 N–H and O–H groups in total. The largest absolute Gasteiger partial charge is 0.508 e. The highest BCUT2D eigenvalue weighted by Crippen LogP contribution is 2.42. The molecule has 32 heavy (non-hydrogen) atoms. The van der Waals surface area contributed by atoms with Crippen LogP contribution in [0.2, 0.25) is 0 Å². The third kappa shape index (κ3) is 3.71. The van der Waals surface area contributed by atoms with Gasteiger partial charge in [-0.3, -0.25) is 14.5 Å². The van der Waals surface area contributed by atoms with E-state index in [1.807, 2.05) is 19.1 Å². The maximum Gasteiger partial charge on any atom is 0.300 e. The molecule has 1 heterocycles. The number of aromatic hydroxyl groups is 1. The zero-order chi connectivity index (χ0) is 22.8. The number of Topliss-reactive ketones (excluding diaryl/α,β-unsaturated/α-hetero) is 1. The van der Waals surface area contributed by atoms with Crippen molar-refractivity contribution in [3.63, 3.8) is 0 Å². The molecule has 1 unspecified atom stereocenters. The molecular weight excluding hydrogens is 406 g/mol. The van der Waals surface area contributed by atoms with Crippen LogP contribution in [0.5, 0.6) is 11.5 Å². The van der Waals surface area contributed by atoms with E-state index in [1.54, 1.807) is 48.5 Å². The predicted octanol–water partition coefficient (Wildman–Crippen LogP) is 4.59. The molecule has 1 amide bonds. The smallest absolute Gasteiger partial charge is 0.300 e. The molecule has 1 aliphatic rings. The summed E-state index contributed by atoms with van der Waals surface area (Å²) >= 11 is 0. The lowest BCUT2D eigenvalue weighted by molar-refractivity contribution is -0.132. The van der Waals surface area contributed by atoms with E-state index in [4.69, 9.17) is 4.74 Å². The minimum absolute atomic E-state index is 0.0199. The van der Waals surface area contributed by atoms with Gasteiger partial charge < -0.3 is 14.9 Å². The highest BCUT2D eigenvalue weighted by Gasteiger charge is 2.46. The second-order valence-corrected chi connectivity index (χ2v) is 7.51. The normalized spacial score (nSPS) is 17.6. The van der Waals surface area contributed by atoms with E-state index in [0.29, 0.717) is 22.6 Å². The standard InChI is InChI=1S/C26H23NO5/c1-3-16-7-11-19(12-8-16)27-23(17-9-13-20(28)14-10-17)22(25(30)26(27)31)24(29)18-5-4-6-21(15-18)32-2/h4-15,23,28-29H,3H2,1-2H3/b24-22-. The maximum atomic E-state index is 13.1. The number of rotatable bonds is 5. The SMILES string of the molecule is CCc1ccc(N2C(=O)C(=O)/C(=C(\O)c3cccc(OC)c3)C2c2ccc(O)cc2)cc1. The average molecular weight is 429 g/mol. The molecule has 0 radical (unpaired) electrons. The fourth-order valence-electron chi connectivity index (χ4n) is 3.89. The number of aliphatic hydroxyl groups excluding tert-OH is 1. The van der Waals surface area contributed by atoms with Crippen molar-refractivity contribution in [1.29, 1.82) is 0 Å². The minimum atomic E-state index is -0.853. The number of anilines is 1. The Morgan fingerprint density at radius 2 is 1.69 bits per heavy atom. The van der Waals surface area contributed by atoms with E-state index in [9.17, 15) is 19.8 Å². The molecule has 6 nitrogen and oxygen atoms in total. The Balaban J connectivity index is 1.92. The van der Waals surface area contributed by atoms with Crippen molar-refractivity contribution in [2.45, 2.75) is 19.4 Å². The van der Waals surface area contributed by atoms with E-state index < -0.39 is 17.7 Å². The molecule has 1 saturated heterocycles. The number of benzene rings is 3. The van der Waals surface area contributed by atoms with E-state index >= 15 is 0 Å². The highest BCUT2D eigenvalue weighted by atomic mass is 16.5. The number of amides is 1. The van der Waals surface area contributed by atoms with Gasteiger partial charge in [-0.25, -0.2) is 0 Å². The van der Waals surface area contributed by atoms with Gasteiger partial charge in [-0.05, 0) is 53.9 Å². The van der Waals surface area contributed by atoms with Gasteiger partial charge in [0.25, 0.3) is 11.7 Å². The van der Waals surface area contributed by atoms with Gasteiger partial charge in [0.2, 0.25) is 0 Å². The quantitative estimate of drug-likeness (QED) is 0.352. The predicted molar refractivity (Wildman–Crippen MR) is 122 cm³/mol. The summed E-state index contributed by atoms with van der Waals surface area (Å²) in [7, 11) is 1.51. The van der Waals surface area contributed by atoms with Crippen molar-refractivity contribution < 1.29 is 24.5 Å². The molecule has 1 aliphatic heterocycles. The highest BCUT2D eigenvalue weighted by molar-refractivity contribution is 6.51. The number of phenolic OH excluding ortho intramolecular Hbond substituents is 1. The van der Waals surface area contributed by atoms with Crippen LogP contribution in [0.1, 0.15) is 29.7 Å². The second-order valence-electron chi connectivity index (χ2n) is 7.51. The van der Waals surface area contributed by atoms with Crippen LogP contribution in [0.4, 0.5) is 5.69 Å². The Hall–Kier alpha value is -4.06. The summed E-state index contributed by atoms with van der Waals surface area (Å²) < 4.78 is 5.23. The topological polar surface area (TPSA) is 87.1 Å². The van der Waals surface area contributed by atoms with Crippen molar-refractivity contribution in [2.75, 3.05) is 12.0 Å². The summed E-state index contributed by atoms with van der Waals surface area (Å²) in [4.78, 5) is 27.7. The number of phenols is 1. The summed E-state index contributed by atoms with van der Waals surface area (Å²) in [6.45, 7) is 2.03. The fraction of sp³-hybridized carbons (Fsp3) is 0.154.